The molecule has 2 aromatic heterocycles. The number of H-pyrrole nitrogens is 1. The zero-order chi connectivity index (χ0) is 28.9. The molecule has 1 fully saturated rings. The van der Waals surface area contributed by atoms with Crippen LogP contribution >= 0.6 is 11.6 Å². The molecule has 6 rings (SSSR count). The minimum absolute atomic E-state index is 0.474. The summed E-state index contributed by atoms with van der Waals surface area (Å²) in [5, 5.41) is 11.1. The van der Waals surface area contributed by atoms with Gasteiger partial charge < -0.3 is 19.2 Å². The third-order valence-electron chi connectivity index (χ3n) is 8.32. The van der Waals surface area contributed by atoms with E-state index in [1.807, 2.05) is 54.6 Å². The summed E-state index contributed by atoms with van der Waals surface area (Å²) in [6, 6.07) is 23.8. The number of likely N-dealkylation sites (tertiary alicyclic amines) is 1. The van der Waals surface area contributed by atoms with Gasteiger partial charge in [0.05, 0.1) is 17.3 Å². The SMILES string of the molecule is CCCCc1nc(C2CCN(CCc3c[nH]c4ccc(C#N)cc34)CC2)cn1-c1ccc(Oc2ccc(Cl)cc2)cc1. The fourth-order valence-corrected chi connectivity index (χ4v) is 6.00. The molecule has 0 radical (unpaired) electrons. The number of unbranched alkanes of at least 4 members (excludes halogenated alkanes) is 1. The van der Waals surface area contributed by atoms with Crippen LogP contribution in [0.2, 0.25) is 5.02 Å². The zero-order valence-electron chi connectivity index (χ0n) is 24.0. The first-order valence-electron chi connectivity index (χ1n) is 14.9. The number of hydrogen-bond acceptors (Lipinski definition) is 4. The molecule has 3 aromatic carbocycles. The highest BCUT2D eigenvalue weighted by atomic mass is 35.5. The van der Waals surface area contributed by atoms with Crippen molar-refractivity contribution in [3.05, 3.63) is 107 Å². The van der Waals surface area contributed by atoms with Crippen molar-refractivity contribution in [2.75, 3.05) is 19.6 Å². The third kappa shape index (κ3) is 6.38. The van der Waals surface area contributed by atoms with Gasteiger partial charge in [-0.3, -0.25) is 0 Å². The van der Waals surface area contributed by atoms with E-state index in [0.717, 1.165) is 86.7 Å². The Morgan fingerprint density at radius 3 is 2.45 bits per heavy atom. The summed E-state index contributed by atoms with van der Waals surface area (Å²) in [5.74, 6) is 3.17. The number of rotatable bonds is 10. The van der Waals surface area contributed by atoms with Gasteiger partial charge >= 0.3 is 0 Å². The van der Waals surface area contributed by atoms with Gasteiger partial charge in [-0.25, -0.2) is 4.98 Å². The normalized spacial score (nSPS) is 14.3. The molecule has 0 amide bonds. The Hall–Kier alpha value is -4.05. The van der Waals surface area contributed by atoms with Crippen LogP contribution in [-0.4, -0.2) is 39.1 Å². The van der Waals surface area contributed by atoms with Crippen LogP contribution in [0.15, 0.2) is 79.1 Å². The lowest BCUT2D eigenvalue weighted by Gasteiger charge is -2.31. The van der Waals surface area contributed by atoms with Gasteiger partial charge in [0.1, 0.15) is 17.3 Å². The second-order valence-corrected chi connectivity index (χ2v) is 11.6. The van der Waals surface area contributed by atoms with Gasteiger partial charge in [-0.1, -0.05) is 24.9 Å². The molecule has 6 nitrogen and oxygen atoms in total. The van der Waals surface area contributed by atoms with Gasteiger partial charge in [-0.15, -0.1) is 0 Å². The van der Waals surface area contributed by atoms with Crippen molar-refractivity contribution in [1.82, 2.24) is 19.4 Å². The van der Waals surface area contributed by atoms with Crippen LogP contribution in [0.25, 0.3) is 16.6 Å². The molecule has 3 heterocycles. The summed E-state index contributed by atoms with van der Waals surface area (Å²) in [6.45, 7) is 5.40. The van der Waals surface area contributed by atoms with E-state index >= 15 is 0 Å². The van der Waals surface area contributed by atoms with Crippen molar-refractivity contribution in [1.29, 1.82) is 5.26 Å². The monoisotopic (exact) mass is 577 g/mol. The lowest BCUT2D eigenvalue weighted by Crippen LogP contribution is -2.34. The molecule has 0 saturated carbocycles. The summed E-state index contributed by atoms with van der Waals surface area (Å²) in [7, 11) is 0. The molecule has 1 N–H and O–H groups in total. The molecule has 1 aliphatic rings. The summed E-state index contributed by atoms with van der Waals surface area (Å²) in [5.41, 5.74) is 5.42. The van der Waals surface area contributed by atoms with Crippen LogP contribution in [-0.2, 0) is 12.8 Å². The largest absolute Gasteiger partial charge is 0.457 e. The molecular weight excluding hydrogens is 542 g/mol. The Kier molecular flexibility index (Phi) is 8.60. The second kappa shape index (κ2) is 12.9. The highest BCUT2D eigenvalue weighted by molar-refractivity contribution is 6.30. The number of benzene rings is 3. The molecule has 42 heavy (non-hydrogen) atoms. The maximum Gasteiger partial charge on any atom is 0.127 e. The number of halogens is 1. The quantitative estimate of drug-likeness (QED) is 0.181. The molecule has 0 atom stereocenters. The lowest BCUT2D eigenvalue weighted by atomic mass is 9.94. The van der Waals surface area contributed by atoms with Gasteiger partial charge in [0.2, 0.25) is 0 Å². The molecule has 5 aromatic rings. The Bertz CT molecular complexity index is 1670. The molecule has 0 aliphatic carbocycles. The number of aromatic amines is 1. The molecule has 1 aliphatic heterocycles. The molecule has 1 saturated heterocycles. The first-order valence-corrected chi connectivity index (χ1v) is 15.3. The van der Waals surface area contributed by atoms with Crippen LogP contribution < -0.4 is 4.74 Å². The standard InChI is InChI=1S/C35H36ClN5O/c1-2-3-4-35-39-34(24-41(35)29-8-12-31(13-9-29)42-30-10-6-28(36)7-11-30)26-15-18-40(19-16-26)20-17-27-23-38-33-14-5-25(22-37)21-32(27)33/h5-14,21,23-24,26,38H,2-4,15-20H2,1H3. The van der Waals surface area contributed by atoms with Crippen LogP contribution in [0.4, 0.5) is 0 Å². The van der Waals surface area contributed by atoms with Crippen molar-refractivity contribution in [3.8, 4) is 23.3 Å². The lowest BCUT2D eigenvalue weighted by molar-refractivity contribution is 0.213. The van der Waals surface area contributed by atoms with Crippen molar-refractivity contribution >= 4 is 22.5 Å². The molecule has 0 bridgehead atoms. The highest BCUT2D eigenvalue weighted by Gasteiger charge is 2.24. The van der Waals surface area contributed by atoms with E-state index in [1.165, 1.54) is 16.6 Å². The topological polar surface area (TPSA) is 69.9 Å². The first kappa shape index (κ1) is 28.1. The summed E-state index contributed by atoms with van der Waals surface area (Å²) in [4.78, 5) is 11.1. The molecule has 0 spiro atoms. The van der Waals surface area contributed by atoms with E-state index < -0.39 is 0 Å². The predicted octanol–water partition coefficient (Wildman–Crippen LogP) is 8.44. The van der Waals surface area contributed by atoms with Crippen molar-refractivity contribution in [2.45, 2.75) is 51.4 Å². The third-order valence-corrected chi connectivity index (χ3v) is 8.57. The van der Waals surface area contributed by atoms with Crippen molar-refractivity contribution < 1.29 is 4.74 Å². The predicted molar refractivity (Wildman–Crippen MR) is 169 cm³/mol. The number of ether oxygens (including phenoxy) is 1. The molecule has 0 unspecified atom stereocenters. The number of nitrogens with zero attached hydrogens (tertiary/aromatic N) is 4. The smallest absolute Gasteiger partial charge is 0.127 e. The van der Waals surface area contributed by atoms with Gasteiger partial charge in [-0.2, -0.15) is 5.26 Å². The minimum atomic E-state index is 0.474. The Morgan fingerprint density at radius 1 is 1.00 bits per heavy atom. The van der Waals surface area contributed by atoms with Crippen LogP contribution in [0.5, 0.6) is 11.5 Å². The molecule has 214 valence electrons. The van der Waals surface area contributed by atoms with Crippen LogP contribution in [0.3, 0.4) is 0 Å². The van der Waals surface area contributed by atoms with Crippen LogP contribution in [0, 0.1) is 11.3 Å². The number of aromatic nitrogens is 3. The fourth-order valence-electron chi connectivity index (χ4n) is 5.87. The maximum absolute atomic E-state index is 9.29. The zero-order valence-corrected chi connectivity index (χ0v) is 24.8. The van der Waals surface area contributed by atoms with E-state index in [-0.39, 0.29) is 0 Å². The Morgan fingerprint density at radius 2 is 1.74 bits per heavy atom. The number of hydrogen-bond donors (Lipinski definition) is 1. The fraction of sp³-hybridized carbons (Fsp3) is 0.314. The number of nitriles is 1. The van der Waals surface area contributed by atoms with E-state index in [9.17, 15) is 5.26 Å². The minimum Gasteiger partial charge on any atom is -0.457 e. The van der Waals surface area contributed by atoms with Gasteiger partial charge in [0.15, 0.2) is 0 Å². The van der Waals surface area contributed by atoms with E-state index in [4.69, 9.17) is 21.3 Å². The van der Waals surface area contributed by atoms with E-state index in [1.54, 1.807) is 0 Å². The van der Waals surface area contributed by atoms with Crippen molar-refractivity contribution in [3.63, 3.8) is 0 Å². The Labute approximate surface area is 252 Å². The average molecular weight is 578 g/mol. The second-order valence-electron chi connectivity index (χ2n) is 11.2. The Balaban J connectivity index is 1.10. The number of aryl methyl sites for hydroxylation is 1. The summed E-state index contributed by atoms with van der Waals surface area (Å²) >= 11 is 6.00. The summed E-state index contributed by atoms with van der Waals surface area (Å²) < 4.78 is 8.28. The van der Waals surface area contributed by atoms with Crippen LogP contribution in [0.1, 0.15) is 61.2 Å². The highest BCUT2D eigenvalue weighted by Crippen LogP contribution is 2.31. The average Bonchev–Trinajstić information content (AvgIpc) is 3.64. The summed E-state index contributed by atoms with van der Waals surface area (Å²) in [6.07, 6.45) is 10.8. The number of nitrogens with one attached hydrogen (secondary N) is 1. The number of imidazole rings is 1. The van der Waals surface area contributed by atoms with Crippen molar-refractivity contribution in [2.24, 2.45) is 0 Å². The van der Waals surface area contributed by atoms with E-state index in [2.05, 4.69) is 52.0 Å². The first-order chi connectivity index (χ1) is 20.6. The van der Waals surface area contributed by atoms with Gasteiger partial charge in [0, 0.05) is 52.9 Å². The number of fused-ring (bicyclic) bond motifs is 1. The maximum atomic E-state index is 9.29. The number of piperidine rings is 1. The molecular formula is C35H36ClN5O. The van der Waals surface area contributed by atoms with Gasteiger partial charge in [0.25, 0.3) is 0 Å². The molecule has 7 heteroatoms. The van der Waals surface area contributed by atoms with E-state index in [0.29, 0.717) is 16.5 Å². The van der Waals surface area contributed by atoms with Gasteiger partial charge in [-0.05, 0) is 111 Å².